The summed E-state index contributed by atoms with van der Waals surface area (Å²) in [5.74, 6) is 0. The van der Waals surface area contributed by atoms with Crippen molar-refractivity contribution in [2.75, 3.05) is 6.61 Å². The Bertz CT molecular complexity index is 487. The zero-order chi connectivity index (χ0) is 16.1. The lowest BCUT2D eigenvalue weighted by molar-refractivity contribution is -0.232. The summed E-state index contributed by atoms with van der Waals surface area (Å²) in [4.78, 5) is 0. The number of nitrogens with one attached hydrogen (secondary N) is 2. The van der Waals surface area contributed by atoms with Crippen molar-refractivity contribution in [1.29, 1.82) is 0 Å². The highest BCUT2D eigenvalue weighted by Crippen LogP contribution is 2.19. The van der Waals surface area contributed by atoms with E-state index in [2.05, 4.69) is 10.6 Å². The lowest BCUT2D eigenvalue weighted by Gasteiger charge is -2.40. The van der Waals surface area contributed by atoms with Gasteiger partial charge in [-0.15, -0.1) is 0 Å². The van der Waals surface area contributed by atoms with Crippen molar-refractivity contribution < 1.29 is 25.2 Å². The smallest absolute Gasteiger partial charge is 0.168 e. The summed E-state index contributed by atoms with van der Waals surface area (Å²) in [7, 11) is 0. The van der Waals surface area contributed by atoms with Crippen LogP contribution in [-0.4, -0.2) is 62.8 Å². The van der Waals surface area contributed by atoms with Crippen LogP contribution in [0.3, 0.4) is 0 Å². The molecule has 1 fully saturated rings. The quantitative estimate of drug-likeness (QED) is 0.368. The minimum atomic E-state index is -1.43. The van der Waals surface area contributed by atoms with E-state index in [1.807, 2.05) is 30.3 Å². The second-order valence-corrected chi connectivity index (χ2v) is 5.47. The van der Waals surface area contributed by atoms with Crippen molar-refractivity contribution in [3.05, 3.63) is 35.9 Å². The standard InChI is InChI=1S/C14H20N2O5S/c17-7-9-10(18)11(19)12(20)13(21-9)16-14(22)15-6-8-4-2-1-3-5-8/h1-5,9-13,17-20H,6-7H2,(H2,15,16,22)/t9-,10-,11+,12-,13-/m1/s1. The SMILES string of the molecule is OC[C@H]1O[C@@H](NC(=S)NCc2ccccc2)[C@H](O)[C@@H](O)[C@@H]1O. The van der Waals surface area contributed by atoms with Gasteiger partial charge >= 0.3 is 0 Å². The van der Waals surface area contributed by atoms with E-state index in [-0.39, 0.29) is 5.11 Å². The van der Waals surface area contributed by atoms with Crippen LogP contribution in [0.1, 0.15) is 5.56 Å². The number of aliphatic hydroxyl groups is 4. The van der Waals surface area contributed by atoms with Crippen molar-refractivity contribution in [2.45, 2.75) is 37.2 Å². The maximum absolute atomic E-state index is 9.89. The van der Waals surface area contributed by atoms with Crippen LogP contribution in [0.4, 0.5) is 0 Å². The van der Waals surface area contributed by atoms with Crippen molar-refractivity contribution in [3.63, 3.8) is 0 Å². The Balaban J connectivity index is 1.87. The van der Waals surface area contributed by atoms with Gasteiger partial charge in [-0.1, -0.05) is 30.3 Å². The third-order valence-corrected chi connectivity index (χ3v) is 3.72. The number of benzene rings is 1. The van der Waals surface area contributed by atoms with Gasteiger partial charge in [-0.2, -0.15) is 0 Å². The number of hydrogen-bond donors (Lipinski definition) is 6. The molecule has 1 aliphatic rings. The maximum atomic E-state index is 9.89. The van der Waals surface area contributed by atoms with Crippen LogP contribution in [0.5, 0.6) is 0 Å². The maximum Gasteiger partial charge on any atom is 0.168 e. The number of rotatable bonds is 4. The summed E-state index contributed by atoms with van der Waals surface area (Å²) in [6.07, 6.45) is -6.17. The van der Waals surface area contributed by atoms with Gasteiger partial charge in [-0.25, -0.2) is 0 Å². The van der Waals surface area contributed by atoms with E-state index < -0.39 is 37.3 Å². The highest BCUT2D eigenvalue weighted by molar-refractivity contribution is 7.80. The molecule has 0 saturated carbocycles. The molecule has 1 heterocycles. The summed E-state index contributed by atoms with van der Waals surface area (Å²) in [6, 6.07) is 9.59. The van der Waals surface area contributed by atoms with Gasteiger partial charge < -0.3 is 35.8 Å². The summed E-state index contributed by atoms with van der Waals surface area (Å²) < 4.78 is 5.30. The van der Waals surface area contributed by atoms with Gasteiger partial charge in [0, 0.05) is 6.54 Å². The van der Waals surface area contributed by atoms with Gasteiger partial charge in [0.05, 0.1) is 6.61 Å². The van der Waals surface area contributed by atoms with Crippen LogP contribution in [0.25, 0.3) is 0 Å². The summed E-state index contributed by atoms with van der Waals surface area (Å²) in [5.41, 5.74) is 1.03. The fourth-order valence-electron chi connectivity index (χ4n) is 2.18. The molecule has 1 aromatic rings. The zero-order valence-electron chi connectivity index (χ0n) is 11.8. The first-order valence-electron chi connectivity index (χ1n) is 6.91. The van der Waals surface area contributed by atoms with Crippen molar-refractivity contribution in [3.8, 4) is 0 Å². The summed E-state index contributed by atoms with van der Waals surface area (Å²) in [6.45, 7) is 0.0113. The second kappa shape index (κ2) is 7.82. The molecular weight excluding hydrogens is 308 g/mol. The lowest BCUT2D eigenvalue weighted by Crippen LogP contribution is -2.63. The number of ether oxygens (including phenoxy) is 1. The molecule has 2 rings (SSSR count). The second-order valence-electron chi connectivity index (χ2n) is 5.06. The molecule has 0 unspecified atom stereocenters. The van der Waals surface area contributed by atoms with Crippen LogP contribution < -0.4 is 10.6 Å². The average Bonchev–Trinajstić information content (AvgIpc) is 2.54. The third kappa shape index (κ3) is 4.13. The van der Waals surface area contributed by atoms with E-state index in [0.29, 0.717) is 6.54 Å². The van der Waals surface area contributed by atoms with E-state index in [1.165, 1.54) is 0 Å². The molecule has 5 atom stereocenters. The Morgan fingerprint density at radius 3 is 2.41 bits per heavy atom. The Hall–Kier alpha value is -1.29. The predicted molar refractivity (Wildman–Crippen MR) is 82.8 cm³/mol. The van der Waals surface area contributed by atoms with Gasteiger partial charge in [0.25, 0.3) is 0 Å². The number of aliphatic hydroxyl groups excluding tert-OH is 4. The first-order chi connectivity index (χ1) is 10.5. The molecule has 0 aromatic heterocycles. The molecule has 8 heteroatoms. The van der Waals surface area contributed by atoms with Gasteiger partial charge in [0.2, 0.25) is 0 Å². The van der Waals surface area contributed by atoms with E-state index >= 15 is 0 Å². The van der Waals surface area contributed by atoms with Gasteiger partial charge in [-0.05, 0) is 17.8 Å². The summed E-state index contributed by atoms with van der Waals surface area (Å²) >= 11 is 5.11. The molecule has 0 amide bonds. The minimum Gasteiger partial charge on any atom is -0.394 e. The third-order valence-electron chi connectivity index (χ3n) is 3.46. The van der Waals surface area contributed by atoms with Gasteiger partial charge in [0.15, 0.2) is 11.3 Å². The zero-order valence-corrected chi connectivity index (χ0v) is 12.6. The van der Waals surface area contributed by atoms with Crippen molar-refractivity contribution >= 4 is 17.3 Å². The molecule has 6 N–H and O–H groups in total. The van der Waals surface area contributed by atoms with Crippen molar-refractivity contribution in [2.24, 2.45) is 0 Å². The molecule has 22 heavy (non-hydrogen) atoms. The Labute approximate surface area is 133 Å². The topological polar surface area (TPSA) is 114 Å². The molecular formula is C14H20N2O5S. The lowest BCUT2D eigenvalue weighted by atomic mass is 9.98. The van der Waals surface area contributed by atoms with E-state index in [9.17, 15) is 15.3 Å². The first kappa shape index (κ1) is 17.1. The average molecular weight is 328 g/mol. The molecule has 0 radical (unpaired) electrons. The van der Waals surface area contributed by atoms with Crippen LogP contribution in [0, 0.1) is 0 Å². The van der Waals surface area contributed by atoms with Crippen LogP contribution in [0.2, 0.25) is 0 Å². The normalized spacial score (nSPS) is 31.5. The largest absolute Gasteiger partial charge is 0.394 e. The molecule has 0 bridgehead atoms. The number of hydrogen-bond acceptors (Lipinski definition) is 6. The van der Waals surface area contributed by atoms with Crippen LogP contribution in [-0.2, 0) is 11.3 Å². The van der Waals surface area contributed by atoms with E-state index in [4.69, 9.17) is 22.1 Å². The monoisotopic (exact) mass is 328 g/mol. The van der Waals surface area contributed by atoms with E-state index in [0.717, 1.165) is 5.56 Å². The van der Waals surface area contributed by atoms with E-state index in [1.54, 1.807) is 0 Å². The first-order valence-corrected chi connectivity index (χ1v) is 7.32. The Kier molecular flexibility index (Phi) is 6.07. The van der Waals surface area contributed by atoms with Gasteiger partial charge in [0.1, 0.15) is 24.4 Å². The molecule has 7 nitrogen and oxygen atoms in total. The molecule has 0 spiro atoms. The fraction of sp³-hybridized carbons (Fsp3) is 0.500. The Morgan fingerprint density at radius 1 is 1.09 bits per heavy atom. The highest BCUT2D eigenvalue weighted by Gasteiger charge is 2.43. The molecule has 0 aliphatic carbocycles. The van der Waals surface area contributed by atoms with Gasteiger partial charge in [-0.3, -0.25) is 0 Å². The number of thiocarbonyl (C=S) groups is 1. The van der Waals surface area contributed by atoms with Crippen LogP contribution in [0.15, 0.2) is 30.3 Å². The van der Waals surface area contributed by atoms with Crippen LogP contribution >= 0.6 is 12.2 Å². The molecule has 122 valence electrons. The summed E-state index contributed by atoms with van der Waals surface area (Å²) in [5, 5.41) is 44.3. The minimum absolute atomic E-state index is 0.230. The van der Waals surface area contributed by atoms with Crippen molar-refractivity contribution in [1.82, 2.24) is 10.6 Å². The molecule has 1 aliphatic heterocycles. The molecule has 1 aromatic carbocycles. The predicted octanol–water partition coefficient (Wildman–Crippen LogP) is -1.55. The fourth-order valence-corrected chi connectivity index (χ4v) is 2.37. The Morgan fingerprint density at radius 2 is 1.77 bits per heavy atom. The highest BCUT2D eigenvalue weighted by atomic mass is 32.1. The molecule has 1 saturated heterocycles.